The summed E-state index contributed by atoms with van der Waals surface area (Å²) in [7, 11) is 4.41. The topological polar surface area (TPSA) is 65.1 Å². The molecular weight excluding hydrogens is 382 g/mol. The van der Waals surface area contributed by atoms with Gasteiger partial charge in [-0.25, -0.2) is 4.79 Å². The maximum atomic E-state index is 13.4. The van der Waals surface area contributed by atoms with Gasteiger partial charge in [-0.15, -0.1) is 0 Å². The zero-order chi connectivity index (χ0) is 22.0. The van der Waals surface area contributed by atoms with Crippen LogP contribution in [-0.2, 0) is 14.3 Å². The number of nitrogens with zero attached hydrogens (tertiary/aromatic N) is 1. The average molecular weight is 407 g/mol. The first-order valence-electron chi connectivity index (χ1n) is 9.47. The van der Waals surface area contributed by atoms with Crippen molar-refractivity contribution in [2.45, 2.75) is 20.8 Å². The van der Waals surface area contributed by atoms with Gasteiger partial charge >= 0.3 is 5.97 Å². The van der Waals surface area contributed by atoms with Gasteiger partial charge < -0.3 is 14.2 Å². The number of esters is 1. The number of hydrogen-bond acceptors (Lipinski definition) is 5. The Morgan fingerprint density at radius 3 is 2.27 bits per heavy atom. The Bertz CT molecular complexity index is 1080. The van der Waals surface area contributed by atoms with Crippen LogP contribution in [0.4, 0.5) is 5.69 Å². The van der Waals surface area contributed by atoms with Crippen molar-refractivity contribution in [2.75, 3.05) is 26.2 Å². The van der Waals surface area contributed by atoms with E-state index in [2.05, 4.69) is 0 Å². The second-order valence-corrected chi connectivity index (χ2v) is 7.03. The lowest BCUT2D eigenvalue weighted by Crippen LogP contribution is -2.24. The van der Waals surface area contributed by atoms with E-state index < -0.39 is 5.97 Å². The number of anilines is 1. The van der Waals surface area contributed by atoms with Crippen molar-refractivity contribution in [1.82, 2.24) is 0 Å². The molecule has 1 heterocycles. The molecule has 0 fully saturated rings. The zero-order valence-corrected chi connectivity index (χ0v) is 18.0. The molecule has 6 heteroatoms. The van der Waals surface area contributed by atoms with E-state index in [4.69, 9.17) is 14.2 Å². The van der Waals surface area contributed by atoms with Gasteiger partial charge in [-0.3, -0.25) is 9.69 Å². The fourth-order valence-electron chi connectivity index (χ4n) is 3.46. The Balaban J connectivity index is 2.19. The summed E-state index contributed by atoms with van der Waals surface area (Å²) in [6.07, 6.45) is 1.64. The zero-order valence-electron chi connectivity index (χ0n) is 18.0. The fraction of sp³-hybridized carbons (Fsp3) is 0.250. The van der Waals surface area contributed by atoms with Crippen molar-refractivity contribution >= 4 is 23.6 Å². The van der Waals surface area contributed by atoms with E-state index in [-0.39, 0.29) is 17.1 Å². The van der Waals surface area contributed by atoms with E-state index >= 15 is 0 Å². The van der Waals surface area contributed by atoms with Crippen LogP contribution in [0.5, 0.6) is 11.5 Å². The molecule has 0 N–H and O–H groups in total. The first-order chi connectivity index (χ1) is 14.3. The van der Waals surface area contributed by atoms with E-state index in [9.17, 15) is 9.59 Å². The number of benzene rings is 2. The number of allylic oxidation sites excluding steroid dienone is 1. The SMILES string of the molecule is COC(=O)C1=C(C)N(c2ccc(C)c(C)c2)C(=O)/C1=C\c1cc(OC)ccc1OC. The van der Waals surface area contributed by atoms with Gasteiger partial charge in [0.15, 0.2) is 0 Å². The van der Waals surface area contributed by atoms with Crippen molar-refractivity contribution in [2.24, 2.45) is 0 Å². The van der Waals surface area contributed by atoms with Gasteiger partial charge in [-0.05, 0) is 68.3 Å². The van der Waals surface area contributed by atoms with Crippen molar-refractivity contribution in [1.29, 1.82) is 0 Å². The summed E-state index contributed by atoms with van der Waals surface area (Å²) in [6, 6.07) is 11.0. The lowest BCUT2D eigenvalue weighted by atomic mass is 10.0. The van der Waals surface area contributed by atoms with Gasteiger partial charge in [-0.2, -0.15) is 0 Å². The molecule has 2 aromatic carbocycles. The summed E-state index contributed by atoms with van der Waals surface area (Å²) < 4.78 is 15.7. The Hall–Kier alpha value is -3.54. The maximum Gasteiger partial charge on any atom is 0.340 e. The van der Waals surface area contributed by atoms with E-state index in [1.165, 1.54) is 12.0 Å². The molecule has 0 saturated carbocycles. The summed E-state index contributed by atoms with van der Waals surface area (Å²) in [6.45, 7) is 5.73. The second-order valence-electron chi connectivity index (χ2n) is 7.03. The van der Waals surface area contributed by atoms with Crippen LogP contribution in [-0.4, -0.2) is 33.2 Å². The van der Waals surface area contributed by atoms with Crippen LogP contribution >= 0.6 is 0 Å². The summed E-state index contributed by atoms with van der Waals surface area (Å²) in [5.74, 6) is 0.295. The Labute approximate surface area is 176 Å². The molecule has 0 bridgehead atoms. The van der Waals surface area contributed by atoms with E-state index in [0.717, 1.165) is 11.1 Å². The Morgan fingerprint density at radius 2 is 1.67 bits per heavy atom. The van der Waals surface area contributed by atoms with Crippen molar-refractivity contribution in [3.63, 3.8) is 0 Å². The number of ether oxygens (including phenoxy) is 3. The third-order valence-corrected chi connectivity index (χ3v) is 5.27. The molecule has 1 aliphatic heterocycles. The van der Waals surface area contributed by atoms with Crippen LogP contribution < -0.4 is 14.4 Å². The highest BCUT2D eigenvalue weighted by molar-refractivity contribution is 6.24. The number of carbonyl (C=O) groups is 2. The van der Waals surface area contributed by atoms with Gasteiger partial charge in [-0.1, -0.05) is 6.07 Å². The minimum absolute atomic E-state index is 0.227. The molecule has 0 aromatic heterocycles. The molecule has 6 nitrogen and oxygen atoms in total. The molecule has 30 heavy (non-hydrogen) atoms. The highest BCUT2D eigenvalue weighted by atomic mass is 16.5. The number of hydrogen-bond donors (Lipinski definition) is 0. The summed E-state index contributed by atoms with van der Waals surface area (Å²) in [5, 5.41) is 0. The average Bonchev–Trinajstić information content (AvgIpc) is 2.99. The lowest BCUT2D eigenvalue weighted by molar-refractivity contribution is -0.136. The normalized spacial score (nSPS) is 15.1. The quantitative estimate of drug-likeness (QED) is 0.549. The van der Waals surface area contributed by atoms with Gasteiger partial charge in [0.05, 0.1) is 32.5 Å². The largest absolute Gasteiger partial charge is 0.497 e. The third-order valence-electron chi connectivity index (χ3n) is 5.27. The minimum Gasteiger partial charge on any atom is -0.497 e. The van der Waals surface area contributed by atoms with Crippen LogP contribution in [0.15, 0.2) is 53.2 Å². The standard InChI is InChI=1S/C24H25NO5/c1-14-7-8-18(11-15(14)2)25-16(3)22(24(27)30-6)20(23(25)26)13-17-12-19(28-4)9-10-21(17)29-5/h7-13H,1-6H3/b20-13-. The van der Waals surface area contributed by atoms with E-state index in [0.29, 0.717) is 28.4 Å². The van der Waals surface area contributed by atoms with E-state index in [1.54, 1.807) is 45.4 Å². The van der Waals surface area contributed by atoms with Crippen molar-refractivity contribution < 1.29 is 23.8 Å². The van der Waals surface area contributed by atoms with Gasteiger partial charge in [0, 0.05) is 16.9 Å². The van der Waals surface area contributed by atoms with Crippen LogP contribution in [0.3, 0.4) is 0 Å². The summed E-state index contributed by atoms with van der Waals surface area (Å²) >= 11 is 0. The van der Waals surface area contributed by atoms with Gasteiger partial charge in [0.25, 0.3) is 5.91 Å². The molecule has 3 rings (SSSR count). The number of carbonyl (C=O) groups excluding carboxylic acids is 2. The van der Waals surface area contributed by atoms with Crippen LogP contribution in [0, 0.1) is 13.8 Å². The summed E-state index contributed by atoms with van der Waals surface area (Å²) in [4.78, 5) is 27.6. The summed E-state index contributed by atoms with van der Waals surface area (Å²) in [5.41, 5.74) is 4.48. The maximum absolute atomic E-state index is 13.4. The van der Waals surface area contributed by atoms with Crippen LogP contribution in [0.2, 0.25) is 0 Å². The van der Waals surface area contributed by atoms with Crippen molar-refractivity contribution in [3.8, 4) is 11.5 Å². The molecule has 0 atom stereocenters. The van der Waals surface area contributed by atoms with Gasteiger partial charge in [0.1, 0.15) is 11.5 Å². The fourth-order valence-corrected chi connectivity index (χ4v) is 3.46. The Kier molecular flexibility index (Phi) is 5.96. The molecule has 0 aliphatic carbocycles. The second kappa shape index (κ2) is 8.45. The highest BCUT2D eigenvalue weighted by Crippen LogP contribution is 2.37. The molecule has 0 unspecified atom stereocenters. The van der Waals surface area contributed by atoms with Crippen molar-refractivity contribution in [3.05, 3.63) is 69.9 Å². The first kappa shape index (κ1) is 21.2. The molecule has 1 aliphatic rings. The van der Waals surface area contributed by atoms with E-state index in [1.807, 2.05) is 32.0 Å². The van der Waals surface area contributed by atoms with Gasteiger partial charge in [0.2, 0.25) is 0 Å². The number of methoxy groups -OCH3 is 3. The molecular formula is C24H25NO5. The third kappa shape index (κ3) is 3.68. The molecule has 156 valence electrons. The highest BCUT2D eigenvalue weighted by Gasteiger charge is 2.38. The Morgan fingerprint density at radius 1 is 0.933 bits per heavy atom. The van der Waals surface area contributed by atoms with Crippen LogP contribution in [0.1, 0.15) is 23.6 Å². The number of amides is 1. The first-order valence-corrected chi connectivity index (χ1v) is 9.47. The molecule has 2 aromatic rings. The smallest absolute Gasteiger partial charge is 0.340 e. The molecule has 1 amide bonds. The predicted octanol–water partition coefficient (Wildman–Crippen LogP) is 4.20. The monoisotopic (exact) mass is 407 g/mol. The number of aryl methyl sites for hydroxylation is 2. The molecule has 0 spiro atoms. The minimum atomic E-state index is -0.569. The number of rotatable bonds is 5. The molecule has 0 radical (unpaired) electrons. The van der Waals surface area contributed by atoms with Crippen LogP contribution in [0.25, 0.3) is 6.08 Å². The predicted molar refractivity (Wildman–Crippen MR) is 116 cm³/mol. The molecule has 0 saturated heterocycles. The lowest BCUT2D eigenvalue weighted by Gasteiger charge is -2.19.